The Kier molecular flexibility index (Phi) is 10.5. The van der Waals surface area contributed by atoms with E-state index >= 15 is 0 Å². The van der Waals surface area contributed by atoms with Crippen LogP contribution in [0.5, 0.6) is 11.6 Å². The average molecular weight is 721 g/mol. The lowest BCUT2D eigenvalue weighted by molar-refractivity contribution is -0.143. The van der Waals surface area contributed by atoms with Crippen LogP contribution in [-0.2, 0) is 26.2 Å². The quantitative estimate of drug-likeness (QED) is 0.153. The van der Waals surface area contributed by atoms with E-state index in [1.165, 1.54) is 0 Å². The highest BCUT2D eigenvalue weighted by Crippen LogP contribution is 2.57. The second-order valence-electron chi connectivity index (χ2n) is 15.6. The van der Waals surface area contributed by atoms with Gasteiger partial charge in [0, 0.05) is 47.6 Å². The van der Waals surface area contributed by atoms with Crippen LogP contribution in [0.3, 0.4) is 0 Å². The molecule has 3 aliphatic rings. The number of allylic oxidation sites excluding steroid dienone is 2. The molecule has 7 rings (SSSR count). The minimum absolute atomic E-state index is 0.00572. The number of hydrogen-bond acceptors (Lipinski definition) is 8. The summed E-state index contributed by atoms with van der Waals surface area (Å²) in [6, 6.07) is 18.2. The van der Waals surface area contributed by atoms with Crippen LogP contribution in [0.1, 0.15) is 82.8 Å². The van der Waals surface area contributed by atoms with E-state index in [0.29, 0.717) is 37.3 Å². The maximum atomic E-state index is 14.8. The predicted octanol–water partition coefficient (Wildman–Crippen LogP) is 7.79. The van der Waals surface area contributed by atoms with E-state index < -0.39 is 17.6 Å². The van der Waals surface area contributed by atoms with E-state index in [1.807, 2.05) is 48.5 Å². The smallest absolute Gasteiger partial charge is 0.259 e. The Morgan fingerprint density at radius 1 is 1.04 bits per heavy atom. The number of aromatic nitrogens is 2. The molecule has 0 bridgehead atoms. The molecule has 2 aromatic carbocycles. The zero-order chi connectivity index (χ0) is 36.3. The number of carbonyl (C=O) groups is 3. The standard InChI is InChI=1S/C42H48N4O5S/c1-41(2,3)36-27-52-37(44-36)22-29-15-8-5-4-6-9-16-30-24-42(30,40(49)45-51-31-17-10-7-11-18-31)25-35(47)34-23-32(26-46(34)39(29)48)50-38-33-19-13-12-14-28(33)20-21-43-38/h7,9-14,16-21,27,29-30,32,34H,4-6,8,15,22-26H2,1-3H3,(H,45,49)/b16-9-/t29-,30+,32-,34+,42-/m1/s1. The van der Waals surface area contributed by atoms with Crippen molar-refractivity contribution in [2.75, 3.05) is 6.54 Å². The molecule has 10 heteroatoms. The lowest BCUT2D eigenvalue weighted by Crippen LogP contribution is -2.46. The molecule has 4 heterocycles. The number of amides is 2. The number of thiazole rings is 1. The van der Waals surface area contributed by atoms with E-state index in [1.54, 1.807) is 34.6 Å². The zero-order valence-electron chi connectivity index (χ0n) is 30.3. The number of carbonyl (C=O) groups excluding carboxylic acids is 3. The molecule has 9 nitrogen and oxygen atoms in total. The molecule has 1 aliphatic carbocycles. The topological polar surface area (TPSA) is 111 Å². The van der Waals surface area contributed by atoms with Gasteiger partial charge < -0.3 is 14.5 Å². The molecule has 5 atom stereocenters. The predicted molar refractivity (Wildman–Crippen MR) is 202 cm³/mol. The maximum absolute atomic E-state index is 14.8. The van der Waals surface area contributed by atoms with Gasteiger partial charge in [0.05, 0.1) is 28.7 Å². The first-order chi connectivity index (χ1) is 25.1. The molecule has 0 unspecified atom stereocenters. The number of pyridine rings is 1. The Balaban J connectivity index is 1.18. The number of rotatable bonds is 7. The lowest BCUT2D eigenvalue weighted by Gasteiger charge is -2.29. The van der Waals surface area contributed by atoms with Gasteiger partial charge in [0.1, 0.15) is 6.10 Å². The van der Waals surface area contributed by atoms with Crippen LogP contribution in [0.4, 0.5) is 0 Å². The Morgan fingerprint density at radius 2 is 1.85 bits per heavy atom. The summed E-state index contributed by atoms with van der Waals surface area (Å²) < 4.78 is 6.54. The fourth-order valence-electron chi connectivity index (χ4n) is 7.63. The molecule has 1 N–H and O–H groups in total. The normalized spacial score (nSPS) is 26.1. The Hall–Kier alpha value is -4.57. The molecule has 1 saturated carbocycles. The molecule has 1 saturated heterocycles. The number of nitrogens with zero attached hydrogens (tertiary/aromatic N) is 3. The van der Waals surface area contributed by atoms with Gasteiger partial charge in [-0.25, -0.2) is 9.97 Å². The van der Waals surface area contributed by atoms with Gasteiger partial charge in [-0.15, -0.1) is 11.3 Å². The third-order valence-electron chi connectivity index (χ3n) is 10.8. The summed E-state index contributed by atoms with van der Waals surface area (Å²) in [5.41, 5.74) is 2.63. The number of ketones is 1. The van der Waals surface area contributed by atoms with E-state index in [0.717, 1.165) is 47.2 Å². The zero-order valence-corrected chi connectivity index (χ0v) is 31.1. The van der Waals surface area contributed by atoms with Gasteiger partial charge in [0.2, 0.25) is 11.8 Å². The van der Waals surface area contributed by atoms with Crippen LogP contribution in [0.2, 0.25) is 0 Å². The minimum atomic E-state index is -0.947. The fraction of sp³-hybridized carbons (Fsp3) is 0.452. The molecule has 52 heavy (non-hydrogen) atoms. The van der Waals surface area contributed by atoms with Crippen molar-refractivity contribution >= 4 is 39.7 Å². The lowest BCUT2D eigenvalue weighted by atomic mass is 9.90. The summed E-state index contributed by atoms with van der Waals surface area (Å²) in [4.78, 5) is 60.1. The number of ether oxygens (including phenoxy) is 1. The Labute approximate surface area is 309 Å². The summed E-state index contributed by atoms with van der Waals surface area (Å²) in [5.74, 6) is 0.0920. The number of para-hydroxylation sites is 1. The number of hydroxylamine groups is 1. The van der Waals surface area contributed by atoms with Gasteiger partial charge >= 0.3 is 0 Å². The van der Waals surface area contributed by atoms with Crippen LogP contribution in [0, 0.1) is 17.3 Å². The van der Waals surface area contributed by atoms with E-state index in [9.17, 15) is 14.4 Å². The van der Waals surface area contributed by atoms with Gasteiger partial charge in [-0.1, -0.05) is 82.2 Å². The van der Waals surface area contributed by atoms with Crippen molar-refractivity contribution in [2.24, 2.45) is 17.3 Å². The molecule has 0 radical (unpaired) electrons. The van der Waals surface area contributed by atoms with Crippen LogP contribution >= 0.6 is 11.3 Å². The molecule has 0 spiro atoms. The van der Waals surface area contributed by atoms with Crippen LogP contribution in [0.25, 0.3) is 10.8 Å². The van der Waals surface area contributed by atoms with Crippen LogP contribution in [-0.4, -0.2) is 51.2 Å². The van der Waals surface area contributed by atoms with Gasteiger partial charge in [-0.05, 0) is 61.3 Å². The average Bonchev–Trinajstić information content (AvgIpc) is 3.41. The third-order valence-corrected chi connectivity index (χ3v) is 11.7. The first-order valence-electron chi connectivity index (χ1n) is 18.6. The molecule has 2 aromatic heterocycles. The first-order valence-corrected chi connectivity index (χ1v) is 19.5. The highest BCUT2D eigenvalue weighted by molar-refractivity contribution is 7.09. The number of Topliss-reactive ketones (excluding diaryl/α,β-unsaturated/α-hetero) is 1. The van der Waals surface area contributed by atoms with Crippen molar-refractivity contribution in [1.29, 1.82) is 0 Å². The van der Waals surface area contributed by atoms with E-state index in [2.05, 4.69) is 48.8 Å². The number of nitrogens with one attached hydrogen (secondary N) is 1. The summed E-state index contributed by atoms with van der Waals surface area (Å²) in [6.07, 6.45) is 11.4. The van der Waals surface area contributed by atoms with Crippen molar-refractivity contribution in [1.82, 2.24) is 20.3 Å². The van der Waals surface area contributed by atoms with Crippen molar-refractivity contribution in [3.8, 4) is 11.6 Å². The molecule has 2 fully saturated rings. The fourth-order valence-corrected chi connectivity index (χ4v) is 8.73. The number of hydrogen-bond donors (Lipinski definition) is 1. The summed E-state index contributed by atoms with van der Waals surface area (Å²) in [6.45, 7) is 6.70. The van der Waals surface area contributed by atoms with Gasteiger partial charge in [0.15, 0.2) is 11.5 Å². The molecule has 272 valence electrons. The van der Waals surface area contributed by atoms with Crippen molar-refractivity contribution < 1.29 is 24.0 Å². The Bertz CT molecular complexity index is 1930. The van der Waals surface area contributed by atoms with Gasteiger partial charge in [0.25, 0.3) is 5.91 Å². The van der Waals surface area contributed by atoms with Crippen LogP contribution < -0.4 is 15.1 Å². The van der Waals surface area contributed by atoms with E-state index in [4.69, 9.17) is 14.6 Å². The third kappa shape index (κ3) is 7.92. The SMILES string of the molecule is CC(C)(C)c1csc(C[C@H]2CCCCC/C=C\[C@H]3C[C@@]3(C(=O)NOc3ccccc3)CC(=O)[C@@H]3C[C@@H](Oc4nccc5ccccc45)CN3C2=O)n1. The highest BCUT2D eigenvalue weighted by atomic mass is 32.1. The van der Waals surface area contributed by atoms with Crippen molar-refractivity contribution in [3.63, 3.8) is 0 Å². The monoisotopic (exact) mass is 720 g/mol. The number of fused-ring (bicyclic) bond motifs is 3. The van der Waals surface area contributed by atoms with Crippen molar-refractivity contribution in [2.45, 2.75) is 96.1 Å². The molecular formula is C42H48N4O5S. The molecule has 2 amide bonds. The van der Waals surface area contributed by atoms with Gasteiger partial charge in [-0.2, -0.15) is 5.48 Å². The van der Waals surface area contributed by atoms with Crippen LogP contribution in [0.15, 0.2) is 84.4 Å². The highest BCUT2D eigenvalue weighted by Gasteiger charge is 2.61. The summed E-state index contributed by atoms with van der Waals surface area (Å²) in [5, 5.41) is 4.92. The second kappa shape index (κ2) is 15.2. The van der Waals surface area contributed by atoms with E-state index in [-0.39, 0.29) is 47.8 Å². The maximum Gasteiger partial charge on any atom is 0.259 e. The second-order valence-corrected chi connectivity index (χ2v) is 16.6. The largest absolute Gasteiger partial charge is 0.472 e. The minimum Gasteiger partial charge on any atom is -0.472 e. The number of benzene rings is 2. The van der Waals surface area contributed by atoms with Crippen molar-refractivity contribution in [3.05, 3.63) is 95.1 Å². The molecule has 2 aliphatic heterocycles. The van der Waals surface area contributed by atoms with Gasteiger partial charge in [-0.3, -0.25) is 14.4 Å². The Morgan fingerprint density at radius 3 is 2.65 bits per heavy atom. The summed E-state index contributed by atoms with van der Waals surface area (Å²) in [7, 11) is 0. The molecule has 4 aromatic rings. The summed E-state index contributed by atoms with van der Waals surface area (Å²) >= 11 is 1.60. The first kappa shape index (κ1) is 35.8. The molecular weight excluding hydrogens is 673 g/mol.